The standard InChI is InChI=1S/C15H20F2N2O3/c1-18(11-14(20)19-5-7-21-8-6-19)10-12-3-2-4-13(9-12)22-15(16)17/h2-4,9,15H,5-8,10-11H2,1H3. The topological polar surface area (TPSA) is 42.0 Å². The van der Waals surface area contributed by atoms with Gasteiger partial charge in [0.05, 0.1) is 19.8 Å². The third kappa shape index (κ3) is 5.23. The molecular formula is C15H20F2N2O3. The second kappa shape index (κ2) is 8.05. The highest BCUT2D eigenvalue weighted by molar-refractivity contribution is 5.78. The van der Waals surface area contributed by atoms with Gasteiger partial charge in [-0.15, -0.1) is 0 Å². The van der Waals surface area contributed by atoms with Crippen LogP contribution in [-0.4, -0.2) is 62.2 Å². The van der Waals surface area contributed by atoms with E-state index < -0.39 is 6.61 Å². The smallest absolute Gasteiger partial charge is 0.387 e. The number of rotatable bonds is 6. The third-order valence-electron chi connectivity index (χ3n) is 3.35. The number of amides is 1. The molecule has 0 saturated carbocycles. The first kappa shape index (κ1) is 16.6. The largest absolute Gasteiger partial charge is 0.435 e. The van der Waals surface area contributed by atoms with Gasteiger partial charge in [-0.2, -0.15) is 8.78 Å². The molecule has 5 nitrogen and oxygen atoms in total. The van der Waals surface area contributed by atoms with Gasteiger partial charge in [-0.3, -0.25) is 9.69 Å². The summed E-state index contributed by atoms with van der Waals surface area (Å²) in [6.45, 7) is 0.298. The van der Waals surface area contributed by atoms with E-state index in [0.29, 0.717) is 32.8 Å². The number of carbonyl (C=O) groups excluding carboxylic acids is 1. The maximum atomic E-state index is 12.2. The van der Waals surface area contributed by atoms with Crippen LogP contribution in [-0.2, 0) is 16.1 Å². The molecule has 0 spiro atoms. The van der Waals surface area contributed by atoms with Gasteiger partial charge < -0.3 is 14.4 Å². The maximum Gasteiger partial charge on any atom is 0.387 e. The molecule has 122 valence electrons. The van der Waals surface area contributed by atoms with Crippen LogP contribution in [0.3, 0.4) is 0 Å². The van der Waals surface area contributed by atoms with Crippen LogP contribution in [0.1, 0.15) is 5.56 Å². The molecule has 1 fully saturated rings. The molecule has 1 heterocycles. The average molecular weight is 314 g/mol. The van der Waals surface area contributed by atoms with Crippen LogP contribution in [0.2, 0.25) is 0 Å². The van der Waals surface area contributed by atoms with Gasteiger partial charge >= 0.3 is 6.61 Å². The molecule has 2 rings (SSSR count). The van der Waals surface area contributed by atoms with Gasteiger partial charge in [0, 0.05) is 19.6 Å². The van der Waals surface area contributed by atoms with Crippen molar-refractivity contribution in [2.24, 2.45) is 0 Å². The highest BCUT2D eigenvalue weighted by atomic mass is 19.3. The summed E-state index contributed by atoms with van der Waals surface area (Å²) < 4.78 is 34.0. The van der Waals surface area contributed by atoms with Crippen molar-refractivity contribution < 1.29 is 23.0 Å². The molecule has 7 heteroatoms. The number of nitrogens with zero attached hydrogens (tertiary/aromatic N) is 2. The molecule has 0 bridgehead atoms. The van der Waals surface area contributed by atoms with Crippen LogP contribution in [0.5, 0.6) is 5.75 Å². The van der Waals surface area contributed by atoms with E-state index >= 15 is 0 Å². The van der Waals surface area contributed by atoms with Crippen molar-refractivity contribution in [3.05, 3.63) is 29.8 Å². The lowest BCUT2D eigenvalue weighted by Crippen LogP contribution is -2.44. The fourth-order valence-electron chi connectivity index (χ4n) is 2.33. The molecule has 22 heavy (non-hydrogen) atoms. The molecule has 1 aliphatic heterocycles. The Morgan fingerprint density at radius 3 is 2.82 bits per heavy atom. The second-order valence-corrected chi connectivity index (χ2v) is 5.19. The van der Waals surface area contributed by atoms with Crippen molar-refractivity contribution >= 4 is 5.91 Å². The minimum absolute atomic E-state index is 0.0470. The van der Waals surface area contributed by atoms with Crippen LogP contribution < -0.4 is 4.74 Å². The fraction of sp³-hybridized carbons (Fsp3) is 0.533. The zero-order chi connectivity index (χ0) is 15.9. The zero-order valence-electron chi connectivity index (χ0n) is 12.5. The number of hydrogen-bond acceptors (Lipinski definition) is 4. The molecule has 1 saturated heterocycles. The molecule has 0 N–H and O–H groups in total. The van der Waals surface area contributed by atoms with Crippen LogP contribution in [0.4, 0.5) is 8.78 Å². The number of likely N-dealkylation sites (N-methyl/N-ethyl adjacent to an activating group) is 1. The number of hydrogen-bond donors (Lipinski definition) is 0. The van der Waals surface area contributed by atoms with E-state index in [9.17, 15) is 13.6 Å². The van der Waals surface area contributed by atoms with Crippen molar-refractivity contribution in [3.63, 3.8) is 0 Å². The van der Waals surface area contributed by atoms with Crippen molar-refractivity contribution in [3.8, 4) is 5.75 Å². The Kier molecular flexibility index (Phi) is 6.09. The Morgan fingerprint density at radius 2 is 2.14 bits per heavy atom. The van der Waals surface area contributed by atoms with Crippen LogP contribution in [0.25, 0.3) is 0 Å². The second-order valence-electron chi connectivity index (χ2n) is 5.19. The van der Waals surface area contributed by atoms with Gasteiger partial charge in [0.15, 0.2) is 0 Å². The summed E-state index contributed by atoms with van der Waals surface area (Å²) in [4.78, 5) is 15.7. The summed E-state index contributed by atoms with van der Waals surface area (Å²) in [5.74, 6) is 0.172. The monoisotopic (exact) mass is 314 g/mol. The minimum Gasteiger partial charge on any atom is -0.435 e. The van der Waals surface area contributed by atoms with E-state index in [-0.39, 0.29) is 18.2 Å². The van der Waals surface area contributed by atoms with E-state index in [1.54, 1.807) is 17.0 Å². The van der Waals surface area contributed by atoms with E-state index in [4.69, 9.17) is 4.74 Å². The van der Waals surface area contributed by atoms with Crippen molar-refractivity contribution in [1.82, 2.24) is 9.80 Å². The van der Waals surface area contributed by atoms with Gasteiger partial charge in [0.25, 0.3) is 0 Å². The van der Waals surface area contributed by atoms with Crippen LogP contribution >= 0.6 is 0 Å². The van der Waals surface area contributed by atoms with Gasteiger partial charge in [-0.05, 0) is 24.7 Å². The number of morpholine rings is 1. The van der Waals surface area contributed by atoms with Crippen LogP contribution in [0.15, 0.2) is 24.3 Å². The lowest BCUT2D eigenvalue weighted by atomic mass is 10.2. The first-order valence-corrected chi connectivity index (χ1v) is 7.12. The van der Waals surface area contributed by atoms with E-state index in [1.807, 2.05) is 18.0 Å². The molecular weight excluding hydrogens is 294 g/mol. The number of halogens is 2. The molecule has 0 unspecified atom stereocenters. The van der Waals surface area contributed by atoms with Crippen molar-refractivity contribution in [1.29, 1.82) is 0 Å². The Bertz CT molecular complexity index is 493. The van der Waals surface area contributed by atoms with E-state index in [2.05, 4.69) is 4.74 Å². The van der Waals surface area contributed by atoms with Crippen molar-refractivity contribution in [2.75, 3.05) is 39.9 Å². The number of benzene rings is 1. The summed E-state index contributed by atoms with van der Waals surface area (Å²) in [7, 11) is 1.82. The highest BCUT2D eigenvalue weighted by Gasteiger charge is 2.18. The molecule has 1 amide bonds. The highest BCUT2D eigenvalue weighted by Crippen LogP contribution is 2.17. The van der Waals surface area contributed by atoms with Gasteiger partial charge in [0.2, 0.25) is 5.91 Å². The zero-order valence-corrected chi connectivity index (χ0v) is 12.5. The average Bonchev–Trinajstić information content (AvgIpc) is 2.47. The number of ether oxygens (including phenoxy) is 2. The Balaban J connectivity index is 1.85. The van der Waals surface area contributed by atoms with Crippen LogP contribution in [0, 0.1) is 0 Å². The summed E-state index contributed by atoms with van der Waals surface area (Å²) in [6.07, 6.45) is 0. The SMILES string of the molecule is CN(CC(=O)N1CCOCC1)Cc1cccc(OC(F)F)c1. The first-order chi connectivity index (χ1) is 10.5. The number of carbonyl (C=O) groups is 1. The maximum absolute atomic E-state index is 12.2. The molecule has 1 aromatic rings. The van der Waals surface area contributed by atoms with Crippen molar-refractivity contribution in [2.45, 2.75) is 13.2 Å². The third-order valence-corrected chi connectivity index (χ3v) is 3.35. The quantitative estimate of drug-likeness (QED) is 0.799. The predicted molar refractivity (Wildman–Crippen MR) is 76.8 cm³/mol. The van der Waals surface area contributed by atoms with E-state index in [1.165, 1.54) is 6.07 Å². The molecule has 1 aliphatic rings. The predicted octanol–water partition coefficient (Wildman–Crippen LogP) is 1.58. The van der Waals surface area contributed by atoms with E-state index in [0.717, 1.165) is 5.56 Å². The Morgan fingerprint density at radius 1 is 1.41 bits per heavy atom. The normalized spacial score (nSPS) is 15.4. The molecule has 0 aliphatic carbocycles. The first-order valence-electron chi connectivity index (χ1n) is 7.12. The minimum atomic E-state index is -2.84. The lowest BCUT2D eigenvalue weighted by molar-refractivity contribution is -0.136. The molecule has 0 aromatic heterocycles. The van der Waals surface area contributed by atoms with Gasteiger partial charge in [-0.25, -0.2) is 0 Å². The Labute approximate surface area is 128 Å². The summed E-state index contributed by atoms with van der Waals surface area (Å²) in [5, 5.41) is 0. The summed E-state index contributed by atoms with van der Waals surface area (Å²) in [6, 6.07) is 6.51. The lowest BCUT2D eigenvalue weighted by Gasteiger charge is -2.28. The fourth-order valence-corrected chi connectivity index (χ4v) is 2.33. The summed E-state index contributed by atoms with van der Waals surface area (Å²) >= 11 is 0. The summed E-state index contributed by atoms with van der Waals surface area (Å²) in [5.41, 5.74) is 0.815. The molecule has 0 radical (unpaired) electrons. The van der Waals surface area contributed by atoms with Gasteiger partial charge in [-0.1, -0.05) is 12.1 Å². The molecule has 0 atom stereocenters. The number of alkyl halides is 2. The molecule has 1 aromatic carbocycles. The Hall–Kier alpha value is -1.73. The van der Waals surface area contributed by atoms with Gasteiger partial charge in [0.1, 0.15) is 5.75 Å².